The van der Waals surface area contributed by atoms with Crippen molar-refractivity contribution >= 4 is 0 Å². The van der Waals surface area contributed by atoms with Gasteiger partial charge in [0.2, 0.25) is 0 Å². The fourth-order valence-corrected chi connectivity index (χ4v) is 1.93. The summed E-state index contributed by atoms with van der Waals surface area (Å²) in [5.41, 5.74) is 2.35. The van der Waals surface area contributed by atoms with E-state index in [0.717, 1.165) is 10.2 Å². The van der Waals surface area contributed by atoms with Crippen molar-refractivity contribution in [2.24, 2.45) is 0 Å². The second-order valence-corrected chi connectivity index (χ2v) is 3.96. The minimum Gasteiger partial charge on any atom is -0.296 e. The first-order chi connectivity index (χ1) is 7.87. The lowest BCUT2D eigenvalue weighted by molar-refractivity contribution is -0.143. The predicted molar refractivity (Wildman–Crippen MR) is 59.5 cm³/mol. The van der Waals surface area contributed by atoms with Gasteiger partial charge in [-0.15, -0.1) is 0 Å². The van der Waals surface area contributed by atoms with Gasteiger partial charge in [-0.25, -0.2) is 0 Å². The second-order valence-electron chi connectivity index (χ2n) is 3.96. The molecule has 3 nitrogen and oxygen atoms in total. The number of fused-ring (bicyclic) bond motifs is 1. The largest absolute Gasteiger partial charge is 0.408 e. The van der Waals surface area contributed by atoms with Crippen molar-refractivity contribution in [2.75, 3.05) is 7.05 Å². The molecule has 2 rings (SSSR count). The van der Waals surface area contributed by atoms with E-state index in [0.29, 0.717) is 24.5 Å². The maximum atomic E-state index is 12.2. The zero-order chi connectivity index (χ0) is 13.2. The summed E-state index contributed by atoms with van der Waals surface area (Å²) in [4.78, 5) is 1.98. The maximum Gasteiger partial charge on any atom is 0.408 e. The molecule has 0 saturated heterocycles. The molecule has 98 valence electrons. The molecule has 0 spiro atoms. The van der Waals surface area contributed by atoms with E-state index in [2.05, 4.69) is 5.10 Å². The van der Waals surface area contributed by atoms with Crippen LogP contribution in [0.4, 0.5) is 13.2 Å². The van der Waals surface area contributed by atoms with Crippen LogP contribution < -0.4 is 0 Å². The van der Waals surface area contributed by atoms with E-state index in [1.807, 2.05) is 25.8 Å². The number of hydrogen-bond donors (Lipinski definition) is 0. The van der Waals surface area contributed by atoms with E-state index in [1.165, 1.54) is 0 Å². The van der Waals surface area contributed by atoms with Crippen LogP contribution in [0.5, 0.6) is 0 Å². The van der Waals surface area contributed by atoms with Gasteiger partial charge in [0, 0.05) is 18.7 Å². The number of aryl methyl sites for hydroxylation is 1. The predicted octanol–water partition coefficient (Wildman–Crippen LogP) is 2.73. The Hall–Kier alpha value is -1.04. The first-order valence-corrected chi connectivity index (χ1v) is 5.67. The number of hydrogen-bond acceptors (Lipinski definition) is 2. The third-order valence-electron chi connectivity index (χ3n) is 2.54. The number of rotatable bonds is 1. The van der Waals surface area contributed by atoms with E-state index in [1.54, 1.807) is 6.92 Å². The van der Waals surface area contributed by atoms with E-state index in [9.17, 15) is 13.2 Å². The first-order valence-electron chi connectivity index (χ1n) is 5.67. The highest BCUT2D eigenvalue weighted by Crippen LogP contribution is 2.27. The molecule has 0 amide bonds. The maximum absolute atomic E-state index is 12.2. The average Bonchev–Trinajstić information content (AvgIpc) is 2.70. The summed E-state index contributed by atoms with van der Waals surface area (Å²) in [6.45, 7) is 6.01. The molecule has 1 aromatic heterocycles. The van der Waals surface area contributed by atoms with Gasteiger partial charge in [-0.3, -0.25) is 9.58 Å². The van der Waals surface area contributed by atoms with Gasteiger partial charge in [0.05, 0.1) is 11.4 Å². The minimum absolute atomic E-state index is 0.548. The Morgan fingerprint density at radius 1 is 1.24 bits per heavy atom. The Bertz CT molecular complexity index is 382. The van der Waals surface area contributed by atoms with Crippen LogP contribution in [0.15, 0.2) is 0 Å². The SMILES string of the molecule is CC.Cc1nn(CC(F)(F)F)c2c1CN(C)C2. The molecule has 6 heteroatoms. The zero-order valence-electron chi connectivity index (χ0n) is 10.6. The Morgan fingerprint density at radius 2 is 1.82 bits per heavy atom. The summed E-state index contributed by atoms with van der Waals surface area (Å²) < 4.78 is 37.8. The Balaban J connectivity index is 0.000000686. The molecule has 1 aromatic rings. The summed E-state index contributed by atoms with van der Waals surface area (Å²) in [6, 6.07) is 0. The van der Waals surface area contributed by atoms with E-state index < -0.39 is 12.7 Å². The third kappa shape index (κ3) is 3.21. The van der Waals surface area contributed by atoms with Gasteiger partial charge >= 0.3 is 6.18 Å². The summed E-state index contributed by atoms with van der Waals surface area (Å²) in [5, 5.41) is 3.92. The molecule has 17 heavy (non-hydrogen) atoms. The van der Waals surface area contributed by atoms with Gasteiger partial charge in [0.25, 0.3) is 0 Å². The smallest absolute Gasteiger partial charge is 0.296 e. The number of nitrogens with zero attached hydrogens (tertiary/aromatic N) is 3. The molecule has 2 heterocycles. The Labute approximate surface area is 99.2 Å². The van der Waals surface area contributed by atoms with Gasteiger partial charge in [0.15, 0.2) is 0 Å². The van der Waals surface area contributed by atoms with Gasteiger partial charge in [0.1, 0.15) is 6.54 Å². The van der Waals surface area contributed by atoms with Gasteiger partial charge in [-0.2, -0.15) is 18.3 Å². The molecule has 1 aliphatic heterocycles. The summed E-state index contributed by atoms with van der Waals surface area (Å²) in [5.74, 6) is 0. The van der Waals surface area contributed by atoms with Crippen molar-refractivity contribution in [1.29, 1.82) is 0 Å². The van der Waals surface area contributed by atoms with Gasteiger partial charge in [-0.05, 0) is 14.0 Å². The number of alkyl halides is 3. The van der Waals surface area contributed by atoms with Crippen LogP contribution in [-0.2, 0) is 19.6 Å². The molecule has 1 aliphatic rings. The van der Waals surface area contributed by atoms with Gasteiger partial charge < -0.3 is 0 Å². The highest BCUT2D eigenvalue weighted by atomic mass is 19.4. The molecule has 0 radical (unpaired) electrons. The lowest BCUT2D eigenvalue weighted by atomic mass is 10.2. The van der Waals surface area contributed by atoms with Crippen molar-refractivity contribution in [3.05, 3.63) is 17.0 Å². The molecular weight excluding hydrogens is 231 g/mol. The van der Waals surface area contributed by atoms with Crippen LogP contribution in [-0.4, -0.2) is 27.9 Å². The van der Waals surface area contributed by atoms with E-state index in [-0.39, 0.29) is 0 Å². The lowest BCUT2D eigenvalue weighted by Crippen LogP contribution is -2.21. The van der Waals surface area contributed by atoms with Gasteiger partial charge in [-0.1, -0.05) is 13.8 Å². The molecule has 0 bridgehead atoms. The molecule has 0 aliphatic carbocycles. The van der Waals surface area contributed by atoms with Crippen LogP contribution in [0.2, 0.25) is 0 Å². The average molecular weight is 249 g/mol. The van der Waals surface area contributed by atoms with Crippen LogP contribution >= 0.6 is 0 Å². The van der Waals surface area contributed by atoms with Crippen molar-refractivity contribution in [2.45, 2.75) is 46.6 Å². The number of halogens is 3. The van der Waals surface area contributed by atoms with Crippen LogP contribution in [0.3, 0.4) is 0 Å². The van der Waals surface area contributed by atoms with Crippen molar-refractivity contribution in [3.8, 4) is 0 Å². The monoisotopic (exact) mass is 249 g/mol. The fourth-order valence-electron chi connectivity index (χ4n) is 1.93. The Morgan fingerprint density at radius 3 is 2.35 bits per heavy atom. The summed E-state index contributed by atoms with van der Waals surface area (Å²) in [7, 11) is 1.89. The van der Waals surface area contributed by atoms with Crippen LogP contribution in [0, 0.1) is 6.92 Å². The third-order valence-corrected chi connectivity index (χ3v) is 2.54. The normalized spacial score (nSPS) is 15.5. The highest BCUT2D eigenvalue weighted by molar-refractivity contribution is 5.28. The first kappa shape index (κ1) is 14.0. The molecular formula is C11H18F3N3. The quantitative estimate of drug-likeness (QED) is 0.763. The van der Waals surface area contributed by atoms with Crippen LogP contribution in [0.1, 0.15) is 30.8 Å². The Kier molecular flexibility index (Phi) is 4.19. The standard InChI is InChI=1S/C9H12F3N3.C2H6/c1-6-7-3-14(2)4-8(7)15(13-6)5-9(10,11)12;1-2/h3-5H2,1-2H3;1-2H3. The minimum atomic E-state index is -4.20. The molecule has 0 atom stereocenters. The lowest BCUT2D eigenvalue weighted by Gasteiger charge is -2.10. The topological polar surface area (TPSA) is 21.1 Å². The highest BCUT2D eigenvalue weighted by Gasteiger charge is 2.32. The molecule has 0 N–H and O–H groups in total. The van der Waals surface area contributed by atoms with Crippen molar-refractivity contribution in [1.82, 2.24) is 14.7 Å². The van der Waals surface area contributed by atoms with Crippen LogP contribution in [0.25, 0.3) is 0 Å². The van der Waals surface area contributed by atoms with E-state index >= 15 is 0 Å². The zero-order valence-corrected chi connectivity index (χ0v) is 10.6. The molecule has 0 fully saturated rings. The summed E-state index contributed by atoms with van der Waals surface area (Å²) in [6.07, 6.45) is -4.20. The van der Waals surface area contributed by atoms with Crippen molar-refractivity contribution < 1.29 is 13.2 Å². The molecule has 0 unspecified atom stereocenters. The number of aromatic nitrogens is 2. The van der Waals surface area contributed by atoms with Crippen molar-refractivity contribution in [3.63, 3.8) is 0 Å². The second kappa shape index (κ2) is 5.08. The molecule has 0 saturated carbocycles. The molecule has 0 aromatic carbocycles. The van der Waals surface area contributed by atoms with E-state index in [4.69, 9.17) is 0 Å². The summed E-state index contributed by atoms with van der Waals surface area (Å²) >= 11 is 0. The fraction of sp³-hybridized carbons (Fsp3) is 0.727.